The molecular formula is C40H69NO2. The summed E-state index contributed by atoms with van der Waals surface area (Å²) in [4.78, 5) is 11.9. The Morgan fingerprint density at radius 1 is 0.930 bits per heavy atom. The summed E-state index contributed by atoms with van der Waals surface area (Å²) in [5.74, 6) is 4.41. The number of methoxy groups -OCH3 is 1. The smallest absolute Gasteiger partial charge is 0.306 e. The van der Waals surface area contributed by atoms with Crippen LogP contribution in [0.15, 0.2) is 36.0 Å². The number of fused-ring (bicyclic) bond motifs is 7. The fraction of sp³-hybridized carbons (Fsp3) is 0.825. The Labute approximate surface area is 267 Å². The molecule has 0 amide bonds. The Balaban J connectivity index is 0.000000670. The van der Waals surface area contributed by atoms with Crippen LogP contribution in [0.3, 0.4) is 0 Å². The van der Waals surface area contributed by atoms with Gasteiger partial charge >= 0.3 is 5.97 Å². The lowest BCUT2D eigenvalue weighted by atomic mass is 9.37. The Hall–Kier alpha value is -1.35. The van der Waals surface area contributed by atoms with E-state index < -0.39 is 0 Å². The van der Waals surface area contributed by atoms with Crippen LogP contribution in [0, 0.1) is 51.8 Å². The van der Waals surface area contributed by atoms with Crippen LogP contribution >= 0.6 is 0 Å². The Bertz CT molecular complexity index is 1020. The van der Waals surface area contributed by atoms with Crippen molar-refractivity contribution in [3.05, 3.63) is 36.0 Å². The van der Waals surface area contributed by atoms with Crippen molar-refractivity contribution in [3.8, 4) is 0 Å². The van der Waals surface area contributed by atoms with Crippen LogP contribution in [0.4, 0.5) is 0 Å². The highest BCUT2D eigenvalue weighted by molar-refractivity contribution is 5.70. The first kappa shape index (κ1) is 36.1. The minimum Gasteiger partial charge on any atom is -0.469 e. The molecule has 43 heavy (non-hydrogen) atoms. The third-order valence-electron chi connectivity index (χ3n) is 13.4. The SMILES string of the molecule is C=CC.CC.CC.COC(=O)CC1C=C(C2=CCC3(C)C(CCC4(C)C5CCC6(N)CCC[C@@H]6C5CCC43)C2(C)C)CC1. The van der Waals surface area contributed by atoms with Gasteiger partial charge in [0.25, 0.3) is 0 Å². The van der Waals surface area contributed by atoms with Crippen LogP contribution in [0.25, 0.3) is 0 Å². The second-order valence-electron chi connectivity index (χ2n) is 15.5. The monoisotopic (exact) mass is 596 g/mol. The summed E-state index contributed by atoms with van der Waals surface area (Å²) in [5, 5.41) is 0. The number of carbonyl (C=O) groups is 1. The lowest BCUT2D eigenvalue weighted by Crippen LogP contribution is -2.63. The van der Waals surface area contributed by atoms with Crippen LogP contribution < -0.4 is 5.73 Å². The molecular weight excluding hydrogens is 526 g/mol. The number of carbonyl (C=O) groups excluding carboxylic acids is 1. The molecule has 0 aliphatic heterocycles. The van der Waals surface area contributed by atoms with Crippen molar-refractivity contribution >= 4 is 5.97 Å². The van der Waals surface area contributed by atoms with Crippen LogP contribution in [-0.4, -0.2) is 18.6 Å². The van der Waals surface area contributed by atoms with E-state index in [1.54, 1.807) is 11.6 Å². The van der Waals surface area contributed by atoms with Gasteiger partial charge in [-0.15, -0.1) is 6.58 Å². The molecule has 0 spiro atoms. The van der Waals surface area contributed by atoms with Crippen molar-refractivity contribution in [2.75, 3.05) is 7.11 Å². The summed E-state index contributed by atoms with van der Waals surface area (Å²) < 4.78 is 4.95. The minimum absolute atomic E-state index is 0.0729. The Morgan fingerprint density at radius 3 is 2.26 bits per heavy atom. The van der Waals surface area contributed by atoms with Gasteiger partial charge in [0, 0.05) is 5.54 Å². The third-order valence-corrected chi connectivity index (χ3v) is 13.4. The molecule has 0 saturated heterocycles. The van der Waals surface area contributed by atoms with Crippen molar-refractivity contribution in [2.45, 2.75) is 151 Å². The number of hydrogen-bond donors (Lipinski definition) is 1. The predicted octanol–water partition coefficient (Wildman–Crippen LogP) is 10.8. The molecule has 3 nitrogen and oxygen atoms in total. The second-order valence-corrected chi connectivity index (χ2v) is 15.5. The molecule has 6 aliphatic rings. The van der Waals surface area contributed by atoms with Crippen molar-refractivity contribution < 1.29 is 9.53 Å². The van der Waals surface area contributed by atoms with Crippen molar-refractivity contribution in [1.82, 2.24) is 0 Å². The van der Waals surface area contributed by atoms with E-state index in [2.05, 4.69) is 46.4 Å². The molecule has 9 atom stereocenters. The summed E-state index contributed by atoms with van der Waals surface area (Å²) in [6.07, 6.45) is 23.1. The maximum absolute atomic E-state index is 11.9. The Kier molecular flexibility index (Phi) is 12.1. The van der Waals surface area contributed by atoms with Crippen molar-refractivity contribution in [1.29, 1.82) is 0 Å². The first-order valence-corrected chi connectivity index (χ1v) is 18.3. The van der Waals surface area contributed by atoms with E-state index in [0.717, 1.165) is 42.4 Å². The zero-order chi connectivity index (χ0) is 32.2. The van der Waals surface area contributed by atoms with Gasteiger partial charge in [-0.25, -0.2) is 0 Å². The standard InChI is InChI=1S/C33H51NO2.C3H6.2C2H6/c1-30(2)24(22-9-8-21(19-22)20-29(35)36-5)12-16-32(4)27(30)14-17-31(3)25-13-18-33(34)15-6-7-26(33)23(25)10-11-28(31)32;1-3-2;2*1-2/h12,19,21,23,25-28H,6-11,13-18,20,34H2,1-5H3;3H,1H2,2H3;2*1-2H3/t21?,23?,25?,26-,27?,28?,31?,32?,33?;;;/m1.../s1. The van der Waals surface area contributed by atoms with Crippen molar-refractivity contribution in [3.63, 3.8) is 0 Å². The van der Waals surface area contributed by atoms with Gasteiger partial charge in [0.15, 0.2) is 0 Å². The zero-order valence-corrected chi connectivity index (χ0v) is 30.0. The minimum atomic E-state index is -0.0729. The number of ether oxygens (including phenoxy) is 1. The highest BCUT2D eigenvalue weighted by Crippen LogP contribution is 2.72. The molecule has 0 bridgehead atoms. The first-order chi connectivity index (χ1) is 20.4. The summed E-state index contributed by atoms with van der Waals surface area (Å²) in [6.45, 7) is 23.7. The summed E-state index contributed by atoms with van der Waals surface area (Å²) >= 11 is 0. The molecule has 3 heteroatoms. The van der Waals surface area contributed by atoms with Gasteiger partial charge < -0.3 is 10.5 Å². The van der Waals surface area contributed by atoms with Gasteiger partial charge in [-0.2, -0.15) is 0 Å². The molecule has 8 unspecified atom stereocenters. The Morgan fingerprint density at radius 2 is 1.60 bits per heavy atom. The fourth-order valence-electron chi connectivity index (χ4n) is 11.9. The quantitative estimate of drug-likeness (QED) is 0.261. The maximum atomic E-state index is 11.9. The van der Waals surface area contributed by atoms with E-state index in [0.29, 0.717) is 23.2 Å². The fourth-order valence-corrected chi connectivity index (χ4v) is 11.9. The molecule has 0 radical (unpaired) electrons. The first-order valence-electron chi connectivity index (χ1n) is 18.3. The summed E-state index contributed by atoms with van der Waals surface area (Å²) in [7, 11) is 1.51. The van der Waals surface area contributed by atoms with Crippen LogP contribution in [0.2, 0.25) is 0 Å². The number of rotatable bonds is 3. The van der Waals surface area contributed by atoms with Crippen molar-refractivity contribution in [2.24, 2.45) is 57.5 Å². The van der Waals surface area contributed by atoms with Gasteiger partial charge in [-0.1, -0.05) is 80.0 Å². The van der Waals surface area contributed by atoms with E-state index in [1.807, 2.05) is 34.6 Å². The topological polar surface area (TPSA) is 52.3 Å². The molecule has 246 valence electrons. The molecule has 0 heterocycles. The molecule has 0 aromatic rings. The maximum Gasteiger partial charge on any atom is 0.306 e. The highest BCUT2D eigenvalue weighted by atomic mass is 16.5. The van der Waals surface area contributed by atoms with E-state index in [9.17, 15) is 4.79 Å². The van der Waals surface area contributed by atoms with E-state index in [1.165, 1.54) is 76.9 Å². The van der Waals surface area contributed by atoms with Gasteiger partial charge in [0.05, 0.1) is 13.5 Å². The summed E-state index contributed by atoms with van der Waals surface area (Å²) in [5.41, 5.74) is 11.4. The van der Waals surface area contributed by atoms with E-state index in [-0.39, 0.29) is 16.9 Å². The average molecular weight is 596 g/mol. The average Bonchev–Trinajstić information content (AvgIpc) is 3.61. The number of nitrogens with two attached hydrogens (primary N) is 1. The molecule has 6 rings (SSSR count). The normalized spacial score (nSPS) is 41.7. The van der Waals surface area contributed by atoms with Crippen LogP contribution in [0.1, 0.15) is 146 Å². The highest BCUT2D eigenvalue weighted by Gasteiger charge is 2.65. The number of allylic oxidation sites excluding steroid dienone is 5. The predicted molar refractivity (Wildman–Crippen MR) is 185 cm³/mol. The van der Waals surface area contributed by atoms with Gasteiger partial charge in [-0.05, 0) is 140 Å². The third kappa shape index (κ3) is 6.37. The van der Waals surface area contributed by atoms with Gasteiger partial charge in [-0.3, -0.25) is 4.79 Å². The molecule has 4 fully saturated rings. The number of esters is 1. The molecule has 0 aromatic carbocycles. The molecule has 0 aromatic heterocycles. The van der Waals surface area contributed by atoms with E-state index in [4.69, 9.17) is 10.5 Å². The van der Waals surface area contributed by atoms with Crippen LogP contribution in [-0.2, 0) is 9.53 Å². The zero-order valence-electron chi connectivity index (χ0n) is 30.0. The largest absolute Gasteiger partial charge is 0.469 e. The lowest BCUT2D eigenvalue weighted by molar-refractivity contribution is -0.173. The van der Waals surface area contributed by atoms with Gasteiger partial charge in [0.2, 0.25) is 0 Å². The summed E-state index contributed by atoms with van der Waals surface area (Å²) in [6, 6.07) is 0. The van der Waals surface area contributed by atoms with Crippen LogP contribution in [0.5, 0.6) is 0 Å². The van der Waals surface area contributed by atoms with E-state index >= 15 is 0 Å². The lowest BCUT2D eigenvalue weighted by Gasteiger charge is -2.68. The molecule has 6 aliphatic carbocycles. The number of hydrogen-bond acceptors (Lipinski definition) is 3. The molecule has 4 saturated carbocycles. The second kappa shape index (κ2) is 14.4. The van der Waals surface area contributed by atoms with Gasteiger partial charge in [0.1, 0.15) is 0 Å². The molecule has 2 N–H and O–H groups in total.